The van der Waals surface area contributed by atoms with Gasteiger partial charge in [-0.15, -0.1) is 0 Å². The maximum Gasteiger partial charge on any atom is 0.167 e. The highest BCUT2D eigenvalue weighted by Crippen LogP contribution is 2.21. The number of benzene rings is 1. The topological polar surface area (TPSA) is 58.7 Å². The summed E-state index contributed by atoms with van der Waals surface area (Å²) in [6.07, 6.45) is 0. The molecule has 1 atom stereocenters. The van der Waals surface area contributed by atoms with Crippen molar-refractivity contribution in [2.75, 3.05) is 26.4 Å². The lowest BCUT2D eigenvalue weighted by atomic mass is 10.1. The van der Waals surface area contributed by atoms with Crippen LogP contribution < -0.4 is 0 Å². The molecule has 2 aromatic rings. The summed E-state index contributed by atoms with van der Waals surface area (Å²) in [6.45, 7) is 2.84. The van der Waals surface area contributed by atoms with Crippen molar-refractivity contribution in [1.29, 1.82) is 0 Å². The minimum atomic E-state index is 0.0422. The SMILES string of the molecule is OCC1COCCN1Cc1cc(-c2ccccc2)on1. The second-order valence-corrected chi connectivity index (χ2v) is 4.93. The zero-order valence-electron chi connectivity index (χ0n) is 11.2. The number of nitrogens with zero attached hydrogens (tertiary/aromatic N) is 2. The van der Waals surface area contributed by atoms with Crippen LogP contribution in [0.1, 0.15) is 5.69 Å². The predicted octanol–water partition coefficient (Wildman–Crippen LogP) is 1.53. The molecule has 0 saturated carbocycles. The van der Waals surface area contributed by atoms with Crippen LogP contribution in [0.3, 0.4) is 0 Å². The molecule has 1 unspecified atom stereocenters. The Hall–Kier alpha value is -1.69. The van der Waals surface area contributed by atoms with Gasteiger partial charge in [0.05, 0.1) is 31.6 Å². The van der Waals surface area contributed by atoms with Gasteiger partial charge in [-0.2, -0.15) is 0 Å². The van der Waals surface area contributed by atoms with Crippen LogP contribution in [0.5, 0.6) is 0 Å². The van der Waals surface area contributed by atoms with E-state index in [-0.39, 0.29) is 12.6 Å². The molecule has 1 aliphatic heterocycles. The summed E-state index contributed by atoms with van der Waals surface area (Å²) >= 11 is 0. The molecule has 3 rings (SSSR count). The highest BCUT2D eigenvalue weighted by Gasteiger charge is 2.23. The molecular formula is C15H18N2O3. The minimum Gasteiger partial charge on any atom is -0.395 e. The maximum absolute atomic E-state index is 9.36. The summed E-state index contributed by atoms with van der Waals surface area (Å²) in [5, 5.41) is 13.5. The second-order valence-electron chi connectivity index (χ2n) is 4.93. The van der Waals surface area contributed by atoms with E-state index in [1.807, 2.05) is 36.4 Å². The Labute approximate surface area is 117 Å². The molecule has 0 spiro atoms. The number of ether oxygens (including phenoxy) is 1. The van der Waals surface area contributed by atoms with Crippen molar-refractivity contribution in [2.45, 2.75) is 12.6 Å². The van der Waals surface area contributed by atoms with Gasteiger partial charge in [0.2, 0.25) is 0 Å². The van der Waals surface area contributed by atoms with E-state index in [0.717, 1.165) is 23.6 Å². The van der Waals surface area contributed by atoms with Gasteiger partial charge in [0.25, 0.3) is 0 Å². The summed E-state index contributed by atoms with van der Waals surface area (Å²) in [7, 11) is 0. The maximum atomic E-state index is 9.36. The quantitative estimate of drug-likeness (QED) is 0.916. The fourth-order valence-corrected chi connectivity index (χ4v) is 2.40. The molecule has 0 radical (unpaired) electrons. The summed E-state index contributed by atoms with van der Waals surface area (Å²) in [5.74, 6) is 0.773. The number of aromatic nitrogens is 1. The van der Waals surface area contributed by atoms with E-state index in [2.05, 4.69) is 10.1 Å². The number of rotatable bonds is 4. The van der Waals surface area contributed by atoms with E-state index >= 15 is 0 Å². The fourth-order valence-electron chi connectivity index (χ4n) is 2.40. The smallest absolute Gasteiger partial charge is 0.167 e. The molecule has 1 aromatic heterocycles. The first-order valence-electron chi connectivity index (χ1n) is 6.80. The van der Waals surface area contributed by atoms with E-state index in [4.69, 9.17) is 9.26 Å². The molecule has 20 heavy (non-hydrogen) atoms. The molecule has 0 bridgehead atoms. The molecule has 106 valence electrons. The van der Waals surface area contributed by atoms with Crippen LogP contribution in [0.15, 0.2) is 40.9 Å². The van der Waals surface area contributed by atoms with Crippen molar-refractivity contribution >= 4 is 0 Å². The largest absolute Gasteiger partial charge is 0.395 e. The Morgan fingerprint density at radius 1 is 1.30 bits per heavy atom. The number of hydrogen-bond donors (Lipinski definition) is 1. The lowest BCUT2D eigenvalue weighted by Crippen LogP contribution is -2.46. The Kier molecular flexibility index (Phi) is 4.11. The van der Waals surface area contributed by atoms with E-state index in [9.17, 15) is 5.11 Å². The molecule has 1 aliphatic rings. The number of aliphatic hydroxyl groups is 1. The van der Waals surface area contributed by atoms with E-state index in [1.54, 1.807) is 0 Å². The van der Waals surface area contributed by atoms with Crippen molar-refractivity contribution < 1.29 is 14.4 Å². The minimum absolute atomic E-state index is 0.0422. The third-order valence-electron chi connectivity index (χ3n) is 3.54. The molecule has 0 amide bonds. The van der Waals surface area contributed by atoms with Gasteiger partial charge in [-0.3, -0.25) is 4.90 Å². The van der Waals surface area contributed by atoms with Crippen molar-refractivity contribution in [2.24, 2.45) is 0 Å². The van der Waals surface area contributed by atoms with Gasteiger partial charge in [0.15, 0.2) is 5.76 Å². The zero-order chi connectivity index (χ0) is 13.8. The van der Waals surface area contributed by atoms with Crippen LogP contribution in [-0.2, 0) is 11.3 Å². The predicted molar refractivity (Wildman–Crippen MR) is 74.0 cm³/mol. The van der Waals surface area contributed by atoms with Gasteiger partial charge >= 0.3 is 0 Å². The van der Waals surface area contributed by atoms with Crippen molar-refractivity contribution in [3.63, 3.8) is 0 Å². The third-order valence-corrected chi connectivity index (χ3v) is 3.54. The normalized spacial score (nSPS) is 20.1. The van der Waals surface area contributed by atoms with E-state index in [0.29, 0.717) is 19.8 Å². The van der Waals surface area contributed by atoms with Gasteiger partial charge in [0, 0.05) is 24.7 Å². The summed E-state index contributed by atoms with van der Waals surface area (Å²) < 4.78 is 10.8. The molecule has 1 fully saturated rings. The average molecular weight is 274 g/mol. The second kappa shape index (κ2) is 6.17. The van der Waals surface area contributed by atoms with Gasteiger partial charge < -0.3 is 14.4 Å². The molecule has 5 nitrogen and oxygen atoms in total. The molecule has 1 saturated heterocycles. The Bertz CT molecular complexity index is 541. The van der Waals surface area contributed by atoms with Gasteiger partial charge in [-0.1, -0.05) is 35.5 Å². The van der Waals surface area contributed by atoms with Crippen LogP contribution in [0.25, 0.3) is 11.3 Å². The third kappa shape index (κ3) is 2.90. The van der Waals surface area contributed by atoms with Crippen molar-refractivity contribution in [3.8, 4) is 11.3 Å². The van der Waals surface area contributed by atoms with Crippen molar-refractivity contribution in [3.05, 3.63) is 42.1 Å². The summed E-state index contributed by atoms with van der Waals surface area (Å²) in [5.41, 5.74) is 1.90. The van der Waals surface area contributed by atoms with Gasteiger partial charge in [-0.05, 0) is 0 Å². The molecule has 2 heterocycles. The fraction of sp³-hybridized carbons (Fsp3) is 0.400. The van der Waals surface area contributed by atoms with Gasteiger partial charge in [0.1, 0.15) is 0 Å². The first-order chi connectivity index (χ1) is 9.86. The lowest BCUT2D eigenvalue weighted by Gasteiger charge is -2.33. The Morgan fingerprint density at radius 3 is 2.95 bits per heavy atom. The van der Waals surface area contributed by atoms with Crippen molar-refractivity contribution in [1.82, 2.24) is 10.1 Å². The van der Waals surface area contributed by atoms with Crippen LogP contribution in [-0.4, -0.2) is 47.6 Å². The summed E-state index contributed by atoms with van der Waals surface area (Å²) in [4.78, 5) is 2.18. The summed E-state index contributed by atoms with van der Waals surface area (Å²) in [6, 6.07) is 11.9. The molecular weight excluding hydrogens is 256 g/mol. The van der Waals surface area contributed by atoms with Gasteiger partial charge in [-0.25, -0.2) is 0 Å². The number of aliphatic hydroxyl groups excluding tert-OH is 1. The van der Waals surface area contributed by atoms with E-state index in [1.165, 1.54) is 0 Å². The van der Waals surface area contributed by atoms with Crippen LogP contribution in [0, 0.1) is 0 Å². The number of morpholine rings is 1. The lowest BCUT2D eigenvalue weighted by molar-refractivity contribution is -0.0320. The average Bonchev–Trinajstić information content (AvgIpc) is 2.97. The molecule has 1 aromatic carbocycles. The highest BCUT2D eigenvalue weighted by molar-refractivity contribution is 5.56. The number of hydrogen-bond acceptors (Lipinski definition) is 5. The van der Waals surface area contributed by atoms with Crippen LogP contribution in [0.2, 0.25) is 0 Å². The zero-order valence-corrected chi connectivity index (χ0v) is 11.2. The van der Waals surface area contributed by atoms with Crippen LogP contribution in [0.4, 0.5) is 0 Å². The highest BCUT2D eigenvalue weighted by atomic mass is 16.5. The Balaban J connectivity index is 1.71. The standard InChI is InChI=1S/C15H18N2O3/c18-10-14-11-19-7-6-17(14)9-13-8-15(20-16-13)12-4-2-1-3-5-12/h1-5,8,14,18H,6-7,9-11H2. The molecule has 1 N–H and O–H groups in total. The monoisotopic (exact) mass is 274 g/mol. The van der Waals surface area contributed by atoms with E-state index < -0.39 is 0 Å². The molecule has 0 aliphatic carbocycles. The Morgan fingerprint density at radius 2 is 2.15 bits per heavy atom. The molecule has 5 heteroatoms. The first-order valence-corrected chi connectivity index (χ1v) is 6.80. The first kappa shape index (κ1) is 13.3. The van der Waals surface area contributed by atoms with Crippen LogP contribution >= 0.6 is 0 Å².